The fourth-order valence-corrected chi connectivity index (χ4v) is 3.54. The highest BCUT2D eigenvalue weighted by atomic mass is 35.5. The van der Waals surface area contributed by atoms with Gasteiger partial charge in [-0.25, -0.2) is 8.42 Å². The van der Waals surface area contributed by atoms with Crippen LogP contribution in [0.2, 0.25) is 5.02 Å². The van der Waals surface area contributed by atoms with Gasteiger partial charge in [-0.1, -0.05) is 23.7 Å². The van der Waals surface area contributed by atoms with Crippen LogP contribution in [0.1, 0.15) is 12.5 Å². The number of benzene rings is 2. The third-order valence-electron chi connectivity index (χ3n) is 3.80. The molecule has 0 aromatic heterocycles. The number of esters is 1. The molecule has 2 aromatic rings. The van der Waals surface area contributed by atoms with Crippen LogP contribution in [0.4, 0.5) is 0 Å². The Morgan fingerprint density at radius 2 is 1.69 bits per heavy atom. The summed E-state index contributed by atoms with van der Waals surface area (Å²) in [6.45, 7) is 1.05. The van der Waals surface area contributed by atoms with Gasteiger partial charge in [-0.3, -0.25) is 9.59 Å². The molecule has 29 heavy (non-hydrogen) atoms. The number of ether oxygens (including phenoxy) is 2. The van der Waals surface area contributed by atoms with Gasteiger partial charge >= 0.3 is 5.97 Å². The van der Waals surface area contributed by atoms with E-state index in [-0.39, 0.29) is 11.4 Å². The molecule has 1 unspecified atom stereocenters. The Labute approximate surface area is 174 Å². The van der Waals surface area contributed by atoms with E-state index in [0.717, 1.165) is 5.56 Å². The third kappa shape index (κ3) is 7.04. The standard InChI is InChI=1S/C19H21ClN2O6S/c1-13(22-29(25,26)17-9-5-15(20)6-10-17)19(24)28-12-18(23)21-11-14-3-7-16(27-2)8-4-14/h3-10,13,22H,11-12H2,1-2H3,(H,21,23). The molecular weight excluding hydrogens is 420 g/mol. The molecule has 0 fully saturated rings. The van der Waals surface area contributed by atoms with Crippen molar-refractivity contribution in [1.29, 1.82) is 0 Å². The van der Waals surface area contributed by atoms with Crippen LogP contribution in [0.3, 0.4) is 0 Å². The first kappa shape index (κ1) is 22.7. The molecule has 8 nitrogen and oxygen atoms in total. The third-order valence-corrected chi connectivity index (χ3v) is 5.61. The summed E-state index contributed by atoms with van der Waals surface area (Å²) in [6, 6.07) is 11.4. The Hall–Kier alpha value is -2.62. The molecule has 1 atom stereocenters. The molecule has 0 radical (unpaired) electrons. The monoisotopic (exact) mass is 440 g/mol. The van der Waals surface area contributed by atoms with Crippen molar-refractivity contribution in [2.75, 3.05) is 13.7 Å². The lowest BCUT2D eigenvalue weighted by molar-refractivity contribution is -0.149. The van der Waals surface area contributed by atoms with Crippen LogP contribution in [-0.4, -0.2) is 40.1 Å². The quantitative estimate of drug-likeness (QED) is 0.576. The molecule has 0 saturated heterocycles. The van der Waals surface area contributed by atoms with E-state index in [1.54, 1.807) is 31.4 Å². The van der Waals surface area contributed by atoms with Crippen LogP contribution in [0.25, 0.3) is 0 Å². The number of methoxy groups -OCH3 is 1. The normalized spacial score (nSPS) is 12.1. The molecule has 0 aliphatic rings. The minimum atomic E-state index is -3.93. The molecule has 0 spiro atoms. The maximum absolute atomic E-state index is 12.3. The van der Waals surface area contributed by atoms with E-state index in [1.807, 2.05) is 0 Å². The van der Waals surface area contributed by atoms with Gasteiger partial charge in [0.15, 0.2) is 6.61 Å². The first-order chi connectivity index (χ1) is 13.7. The lowest BCUT2D eigenvalue weighted by Crippen LogP contribution is -2.40. The van der Waals surface area contributed by atoms with Crippen molar-refractivity contribution >= 4 is 33.5 Å². The Kier molecular flexibility index (Phi) is 8.00. The molecule has 10 heteroatoms. The second-order valence-electron chi connectivity index (χ2n) is 6.03. The maximum atomic E-state index is 12.3. The van der Waals surface area contributed by atoms with Crippen molar-refractivity contribution in [3.63, 3.8) is 0 Å². The summed E-state index contributed by atoms with van der Waals surface area (Å²) in [5, 5.41) is 2.99. The average Bonchev–Trinajstić information content (AvgIpc) is 2.70. The average molecular weight is 441 g/mol. The van der Waals surface area contributed by atoms with Crippen molar-refractivity contribution in [3.8, 4) is 5.75 Å². The molecule has 2 aromatic carbocycles. The summed E-state index contributed by atoms with van der Waals surface area (Å²) in [6.07, 6.45) is 0. The second-order valence-corrected chi connectivity index (χ2v) is 8.18. The van der Waals surface area contributed by atoms with Crippen LogP contribution < -0.4 is 14.8 Å². The lowest BCUT2D eigenvalue weighted by atomic mass is 10.2. The molecule has 0 heterocycles. The first-order valence-electron chi connectivity index (χ1n) is 8.55. The van der Waals surface area contributed by atoms with Gasteiger partial charge in [-0.15, -0.1) is 0 Å². The number of nitrogens with one attached hydrogen (secondary N) is 2. The van der Waals surface area contributed by atoms with E-state index in [2.05, 4.69) is 10.0 Å². The zero-order chi connectivity index (χ0) is 21.4. The van der Waals surface area contributed by atoms with Gasteiger partial charge in [-0.2, -0.15) is 4.72 Å². The highest BCUT2D eigenvalue weighted by Crippen LogP contribution is 2.14. The highest BCUT2D eigenvalue weighted by Gasteiger charge is 2.23. The molecule has 2 rings (SSSR count). The fourth-order valence-electron chi connectivity index (χ4n) is 2.22. The predicted octanol–water partition coefficient (Wildman–Crippen LogP) is 1.87. The minimum absolute atomic E-state index is 0.0428. The van der Waals surface area contributed by atoms with Crippen molar-refractivity contribution < 1.29 is 27.5 Å². The summed E-state index contributed by atoms with van der Waals surface area (Å²) in [7, 11) is -2.37. The number of halogens is 1. The van der Waals surface area contributed by atoms with E-state index >= 15 is 0 Å². The smallest absolute Gasteiger partial charge is 0.324 e. The Morgan fingerprint density at radius 1 is 1.07 bits per heavy atom. The maximum Gasteiger partial charge on any atom is 0.324 e. The predicted molar refractivity (Wildman–Crippen MR) is 107 cm³/mol. The molecule has 0 aliphatic heterocycles. The van der Waals surface area contributed by atoms with Crippen molar-refractivity contribution in [3.05, 3.63) is 59.1 Å². The molecular formula is C19H21ClN2O6S. The fraction of sp³-hybridized carbons (Fsp3) is 0.263. The summed E-state index contributed by atoms with van der Waals surface area (Å²) >= 11 is 5.73. The van der Waals surface area contributed by atoms with Crippen molar-refractivity contribution in [2.24, 2.45) is 0 Å². The van der Waals surface area contributed by atoms with Crippen LogP contribution in [0, 0.1) is 0 Å². The molecule has 156 valence electrons. The summed E-state index contributed by atoms with van der Waals surface area (Å²) in [5.74, 6) is -0.687. The Bertz CT molecular complexity index is 946. The van der Waals surface area contributed by atoms with E-state index < -0.39 is 34.5 Å². The molecule has 0 bridgehead atoms. The Morgan fingerprint density at radius 3 is 2.28 bits per heavy atom. The van der Waals surface area contributed by atoms with Gasteiger partial charge in [0.25, 0.3) is 5.91 Å². The van der Waals surface area contributed by atoms with Crippen LogP contribution in [-0.2, 0) is 30.9 Å². The number of sulfonamides is 1. The van der Waals surface area contributed by atoms with Gasteiger partial charge in [0.2, 0.25) is 10.0 Å². The summed E-state index contributed by atoms with van der Waals surface area (Å²) in [4.78, 5) is 23.8. The molecule has 0 aliphatic carbocycles. The van der Waals surface area contributed by atoms with Gasteiger partial charge in [0.05, 0.1) is 12.0 Å². The topological polar surface area (TPSA) is 111 Å². The molecule has 1 amide bonds. The second kappa shape index (κ2) is 10.2. The van der Waals surface area contributed by atoms with Gasteiger partial charge in [-0.05, 0) is 48.9 Å². The van der Waals surface area contributed by atoms with Gasteiger partial charge in [0, 0.05) is 11.6 Å². The number of hydrogen-bond donors (Lipinski definition) is 2. The summed E-state index contributed by atoms with van der Waals surface area (Å²) < 4.78 is 36.6. The van der Waals surface area contributed by atoms with E-state index in [4.69, 9.17) is 21.1 Å². The van der Waals surface area contributed by atoms with Crippen molar-refractivity contribution in [1.82, 2.24) is 10.0 Å². The first-order valence-corrected chi connectivity index (χ1v) is 10.4. The van der Waals surface area contributed by atoms with Crippen LogP contribution in [0.5, 0.6) is 5.75 Å². The van der Waals surface area contributed by atoms with Crippen molar-refractivity contribution in [2.45, 2.75) is 24.4 Å². The molecule has 0 saturated carbocycles. The minimum Gasteiger partial charge on any atom is -0.497 e. The van der Waals surface area contributed by atoms with E-state index in [1.165, 1.54) is 31.2 Å². The zero-order valence-corrected chi connectivity index (χ0v) is 17.4. The number of hydrogen-bond acceptors (Lipinski definition) is 6. The van der Waals surface area contributed by atoms with Gasteiger partial charge < -0.3 is 14.8 Å². The van der Waals surface area contributed by atoms with Crippen LogP contribution >= 0.6 is 11.6 Å². The van der Waals surface area contributed by atoms with Gasteiger partial charge in [0.1, 0.15) is 11.8 Å². The number of carbonyl (C=O) groups excluding carboxylic acids is 2. The summed E-state index contributed by atoms with van der Waals surface area (Å²) in [5.41, 5.74) is 0.842. The van der Waals surface area contributed by atoms with E-state index in [9.17, 15) is 18.0 Å². The highest BCUT2D eigenvalue weighted by molar-refractivity contribution is 7.89. The number of carbonyl (C=O) groups is 2. The van der Waals surface area contributed by atoms with E-state index in [0.29, 0.717) is 10.8 Å². The zero-order valence-electron chi connectivity index (χ0n) is 15.8. The largest absolute Gasteiger partial charge is 0.497 e. The van der Waals surface area contributed by atoms with Crippen LogP contribution in [0.15, 0.2) is 53.4 Å². The SMILES string of the molecule is COc1ccc(CNC(=O)COC(=O)C(C)NS(=O)(=O)c2ccc(Cl)cc2)cc1. The molecule has 2 N–H and O–H groups in total. The number of amides is 1. The lowest BCUT2D eigenvalue weighted by Gasteiger charge is -2.14. The Balaban J connectivity index is 1.79. The number of rotatable bonds is 9.